The maximum absolute atomic E-state index is 14.0. The molecule has 39 heavy (non-hydrogen) atoms. The largest absolute Gasteiger partial charge is 0.494 e. The zero-order valence-electron chi connectivity index (χ0n) is 21.7. The number of benzene rings is 3. The number of ether oxygens (including phenoxy) is 1. The summed E-state index contributed by atoms with van der Waals surface area (Å²) in [5.41, 5.74) is 2.98. The Bertz CT molecular complexity index is 1590. The third kappa shape index (κ3) is 4.42. The molecule has 2 aliphatic rings. The van der Waals surface area contributed by atoms with Gasteiger partial charge in [-0.15, -0.1) is 5.10 Å². The zero-order valence-corrected chi connectivity index (χ0v) is 21.7. The number of carboxylic acid groups (broad SMARTS) is 1. The predicted octanol–water partition coefficient (Wildman–Crippen LogP) is 4.26. The van der Waals surface area contributed by atoms with E-state index in [0.29, 0.717) is 28.4 Å². The standard InChI is InChI=1S/C29H25N5O5/c1-17-24-26(31-34(27(24)35)20-12-10-18(11-13-20)29(37)38)33(19-8-6-5-7-9-19)28(36)25(17)30-22-15-14-21(32(2)3)16-23(22)39-4/h5-16H,1-4H3,(H,37,38). The summed E-state index contributed by atoms with van der Waals surface area (Å²) in [6, 6.07) is 20.1. The average Bonchev–Trinajstić information content (AvgIpc) is 3.28. The van der Waals surface area contributed by atoms with E-state index < -0.39 is 17.8 Å². The lowest BCUT2D eigenvalue weighted by Gasteiger charge is -2.28. The first-order valence-corrected chi connectivity index (χ1v) is 12.0. The van der Waals surface area contributed by atoms with E-state index in [1.165, 1.54) is 41.3 Å². The number of amidine groups is 1. The highest BCUT2D eigenvalue weighted by molar-refractivity contribution is 6.61. The Labute approximate surface area is 224 Å². The number of fused-ring (bicyclic) bond motifs is 1. The fraction of sp³-hybridized carbons (Fsp3) is 0.138. The zero-order chi connectivity index (χ0) is 27.8. The van der Waals surface area contributed by atoms with Crippen LogP contribution in [0.3, 0.4) is 0 Å². The lowest BCUT2D eigenvalue weighted by atomic mass is 9.96. The summed E-state index contributed by atoms with van der Waals surface area (Å²) in [7, 11) is 5.34. The molecule has 2 aliphatic heterocycles. The fourth-order valence-electron chi connectivity index (χ4n) is 4.38. The lowest BCUT2D eigenvalue weighted by molar-refractivity contribution is -0.114. The smallest absolute Gasteiger partial charge is 0.335 e. The summed E-state index contributed by atoms with van der Waals surface area (Å²) in [5, 5.41) is 14.9. The van der Waals surface area contributed by atoms with Gasteiger partial charge in [0, 0.05) is 25.8 Å². The first-order chi connectivity index (χ1) is 18.7. The van der Waals surface area contributed by atoms with Crippen molar-refractivity contribution in [1.82, 2.24) is 0 Å². The second-order valence-electron chi connectivity index (χ2n) is 9.08. The van der Waals surface area contributed by atoms with Crippen LogP contribution in [0.25, 0.3) is 0 Å². The molecule has 1 N–H and O–H groups in total. The van der Waals surface area contributed by atoms with Crippen molar-refractivity contribution in [1.29, 1.82) is 0 Å². The molecule has 0 unspecified atom stereocenters. The summed E-state index contributed by atoms with van der Waals surface area (Å²) in [6.07, 6.45) is 0. The van der Waals surface area contributed by atoms with E-state index in [0.717, 1.165) is 5.69 Å². The van der Waals surface area contributed by atoms with Crippen molar-refractivity contribution < 1.29 is 24.2 Å². The van der Waals surface area contributed by atoms with Crippen LogP contribution < -0.4 is 19.5 Å². The molecule has 0 fully saturated rings. The van der Waals surface area contributed by atoms with Gasteiger partial charge in [0.05, 0.1) is 29.6 Å². The molecule has 10 nitrogen and oxygen atoms in total. The number of amides is 2. The number of hydrogen-bond acceptors (Lipinski definition) is 7. The maximum Gasteiger partial charge on any atom is 0.335 e. The van der Waals surface area contributed by atoms with Crippen molar-refractivity contribution in [2.75, 3.05) is 36.0 Å². The monoisotopic (exact) mass is 523 g/mol. The van der Waals surface area contributed by atoms with Crippen molar-refractivity contribution >= 4 is 52.1 Å². The van der Waals surface area contributed by atoms with Crippen LogP contribution in [-0.4, -0.2) is 55.6 Å². The highest BCUT2D eigenvalue weighted by atomic mass is 16.5. The number of hydrazone groups is 1. The van der Waals surface area contributed by atoms with E-state index in [9.17, 15) is 19.5 Å². The first kappa shape index (κ1) is 25.4. The van der Waals surface area contributed by atoms with Gasteiger partial charge in [-0.05, 0) is 61.0 Å². The molecule has 3 aromatic rings. The first-order valence-electron chi connectivity index (χ1n) is 12.0. The molecule has 0 bridgehead atoms. The van der Waals surface area contributed by atoms with E-state index in [2.05, 4.69) is 10.1 Å². The predicted molar refractivity (Wildman–Crippen MR) is 149 cm³/mol. The van der Waals surface area contributed by atoms with Gasteiger partial charge in [0.15, 0.2) is 5.84 Å². The molecule has 0 saturated heterocycles. The molecule has 2 heterocycles. The summed E-state index contributed by atoms with van der Waals surface area (Å²) >= 11 is 0. The van der Waals surface area contributed by atoms with Crippen LogP contribution in [0.5, 0.6) is 5.75 Å². The highest BCUT2D eigenvalue weighted by Gasteiger charge is 2.45. The number of aromatic carboxylic acids is 1. The molecule has 2 amide bonds. The number of nitrogens with zero attached hydrogens (tertiary/aromatic N) is 5. The van der Waals surface area contributed by atoms with Gasteiger partial charge in [0.2, 0.25) is 0 Å². The van der Waals surface area contributed by atoms with Gasteiger partial charge in [0.1, 0.15) is 17.1 Å². The molecule has 0 radical (unpaired) electrons. The highest BCUT2D eigenvalue weighted by Crippen LogP contribution is 2.36. The third-order valence-electron chi connectivity index (χ3n) is 6.46. The maximum atomic E-state index is 14.0. The molecule has 3 aromatic carbocycles. The number of carbonyl (C=O) groups excluding carboxylic acids is 2. The van der Waals surface area contributed by atoms with Gasteiger partial charge < -0.3 is 14.7 Å². The van der Waals surface area contributed by atoms with Crippen molar-refractivity contribution in [2.24, 2.45) is 10.1 Å². The van der Waals surface area contributed by atoms with Gasteiger partial charge in [-0.2, -0.15) is 5.01 Å². The minimum atomic E-state index is -1.08. The van der Waals surface area contributed by atoms with Crippen LogP contribution >= 0.6 is 0 Å². The molecule has 0 aromatic heterocycles. The SMILES string of the molecule is COc1cc(N(C)C)ccc1N=C1C(=O)N(c2ccccc2)C2=NN(c3ccc(C(=O)O)cc3)C(=O)C2=C1C. The summed E-state index contributed by atoms with van der Waals surface area (Å²) < 4.78 is 5.55. The number of hydrogen-bond donors (Lipinski definition) is 1. The number of methoxy groups -OCH3 is 1. The average molecular weight is 524 g/mol. The molecular formula is C29H25N5O5. The van der Waals surface area contributed by atoms with Crippen LogP contribution in [0.1, 0.15) is 17.3 Å². The van der Waals surface area contributed by atoms with E-state index in [-0.39, 0.29) is 22.7 Å². The van der Waals surface area contributed by atoms with Gasteiger partial charge in [-0.25, -0.2) is 9.79 Å². The normalized spacial score (nSPS) is 16.0. The number of anilines is 3. The Kier molecular flexibility index (Phi) is 6.45. The molecule has 0 aliphatic carbocycles. The van der Waals surface area contributed by atoms with Crippen molar-refractivity contribution in [2.45, 2.75) is 6.92 Å². The molecule has 196 valence electrons. The van der Waals surface area contributed by atoms with Crippen molar-refractivity contribution in [3.63, 3.8) is 0 Å². The van der Waals surface area contributed by atoms with E-state index in [1.54, 1.807) is 37.3 Å². The van der Waals surface area contributed by atoms with Gasteiger partial charge in [-0.3, -0.25) is 14.5 Å². The van der Waals surface area contributed by atoms with E-state index >= 15 is 0 Å². The molecule has 10 heteroatoms. The number of carboxylic acids is 1. The van der Waals surface area contributed by atoms with Crippen LogP contribution in [-0.2, 0) is 9.59 Å². The topological polar surface area (TPSA) is 115 Å². The van der Waals surface area contributed by atoms with Gasteiger partial charge in [-0.1, -0.05) is 18.2 Å². The molecule has 0 spiro atoms. The lowest BCUT2D eigenvalue weighted by Crippen LogP contribution is -2.47. The minimum Gasteiger partial charge on any atom is -0.494 e. The second-order valence-corrected chi connectivity index (χ2v) is 9.08. The van der Waals surface area contributed by atoms with Crippen molar-refractivity contribution in [3.05, 3.63) is 89.5 Å². The number of aliphatic imine (C=N–C) groups is 1. The Hall–Kier alpha value is -5.25. The fourth-order valence-corrected chi connectivity index (χ4v) is 4.38. The molecule has 5 rings (SSSR count). The van der Waals surface area contributed by atoms with Crippen LogP contribution in [0, 0.1) is 0 Å². The van der Waals surface area contributed by atoms with Crippen LogP contribution in [0.4, 0.5) is 22.7 Å². The number of para-hydroxylation sites is 1. The summed E-state index contributed by atoms with van der Waals surface area (Å²) in [4.78, 5) is 46.9. The second kappa shape index (κ2) is 9.90. The Morgan fingerprint density at radius 3 is 2.26 bits per heavy atom. The molecular weight excluding hydrogens is 498 g/mol. The molecule has 0 atom stereocenters. The summed E-state index contributed by atoms with van der Waals surface area (Å²) in [6.45, 7) is 1.67. The Balaban J connectivity index is 1.67. The van der Waals surface area contributed by atoms with Gasteiger partial charge in [0.25, 0.3) is 11.8 Å². The van der Waals surface area contributed by atoms with E-state index in [4.69, 9.17) is 4.74 Å². The minimum absolute atomic E-state index is 0.0793. The Morgan fingerprint density at radius 1 is 0.949 bits per heavy atom. The quantitative estimate of drug-likeness (QED) is 0.517. The summed E-state index contributed by atoms with van der Waals surface area (Å²) in [5.74, 6) is -1.34. The van der Waals surface area contributed by atoms with Gasteiger partial charge >= 0.3 is 5.97 Å². The van der Waals surface area contributed by atoms with E-state index in [1.807, 2.05) is 37.2 Å². The third-order valence-corrected chi connectivity index (χ3v) is 6.46. The Morgan fingerprint density at radius 2 is 1.64 bits per heavy atom. The van der Waals surface area contributed by atoms with Crippen LogP contribution in [0.15, 0.2) is 94.0 Å². The van der Waals surface area contributed by atoms with Crippen molar-refractivity contribution in [3.8, 4) is 5.75 Å². The molecule has 0 saturated carbocycles. The number of rotatable bonds is 6. The van der Waals surface area contributed by atoms with Crippen LogP contribution in [0.2, 0.25) is 0 Å². The number of carbonyl (C=O) groups is 3.